The van der Waals surface area contributed by atoms with Gasteiger partial charge in [-0.3, -0.25) is 9.78 Å². The van der Waals surface area contributed by atoms with Crippen LogP contribution in [0.1, 0.15) is 50.8 Å². The number of hydrogen-bond acceptors (Lipinski definition) is 3. The normalized spacial score (nSPS) is 13.4. The monoisotopic (exact) mass is 357 g/mol. The molecule has 0 bridgehead atoms. The van der Waals surface area contributed by atoms with Crippen LogP contribution in [-0.4, -0.2) is 18.1 Å². The van der Waals surface area contributed by atoms with E-state index in [0.717, 1.165) is 24.0 Å². The molecule has 0 unspecified atom stereocenters. The molecule has 0 radical (unpaired) electrons. The lowest BCUT2D eigenvalue weighted by Crippen LogP contribution is -2.02. The highest BCUT2D eigenvalue weighted by atomic mass is 19.1. The van der Waals surface area contributed by atoms with E-state index in [9.17, 15) is 9.18 Å². The van der Waals surface area contributed by atoms with E-state index < -0.39 is 0 Å². The molecule has 0 saturated carbocycles. The molecular formula is C22H28FNO2. The summed E-state index contributed by atoms with van der Waals surface area (Å²) < 4.78 is 18.1. The second-order valence-corrected chi connectivity index (χ2v) is 5.73. The Morgan fingerprint density at radius 1 is 1.35 bits per heavy atom. The van der Waals surface area contributed by atoms with E-state index in [1.807, 2.05) is 19.9 Å². The van der Waals surface area contributed by atoms with Gasteiger partial charge >= 0.3 is 5.97 Å². The van der Waals surface area contributed by atoms with Gasteiger partial charge in [-0.05, 0) is 60.6 Å². The Labute approximate surface area is 156 Å². The number of methoxy groups -OCH3 is 1. The minimum Gasteiger partial charge on any atom is -0.469 e. The summed E-state index contributed by atoms with van der Waals surface area (Å²) in [5.41, 5.74) is 3.94. The number of allylic oxidation sites excluding steroid dienone is 7. The van der Waals surface area contributed by atoms with Crippen LogP contribution in [0.15, 0.2) is 54.3 Å². The van der Waals surface area contributed by atoms with Gasteiger partial charge < -0.3 is 4.74 Å². The first-order chi connectivity index (χ1) is 12.5. The molecule has 1 heterocycles. The van der Waals surface area contributed by atoms with Crippen molar-refractivity contribution in [1.82, 2.24) is 4.98 Å². The smallest absolute Gasteiger partial charge is 0.305 e. The number of esters is 1. The topological polar surface area (TPSA) is 39.2 Å². The second-order valence-electron chi connectivity index (χ2n) is 5.73. The number of rotatable bonds is 6. The molecule has 2 rings (SSSR count). The molecular weight excluding hydrogens is 329 g/mol. The van der Waals surface area contributed by atoms with Crippen LogP contribution >= 0.6 is 0 Å². The number of aromatic nitrogens is 1. The zero-order chi connectivity index (χ0) is 19.5. The molecule has 3 nitrogen and oxygen atoms in total. The largest absolute Gasteiger partial charge is 0.469 e. The zero-order valence-electron chi connectivity index (χ0n) is 16.1. The van der Waals surface area contributed by atoms with E-state index in [2.05, 4.69) is 29.8 Å². The summed E-state index contributed by atoms with van der Waals surface area (Å²) in [5, 5.41) is 0. The van der Waals surface area contributed by atoms with Crippen LogP contribution < -0.4 is 0 Å². The fourth-order valence-corrected chi connectivity index (χ4v) is 2.49. The van der Waals surface area contributed by atoms with Crippen LogP contribution in [0.4, 0.5) is 4.39 Å². The maximum atomic E-state index is 13.4. The molecule has 0 aliphatic heterocycles. The summed E-state index contributed by atoms with van der Waals surface area (Å²) in [5.74, 6) is -0.581. The summed E-state index contributed by atoms with van der Waals surface area (Å²) in [4.78, 5) is 15.6. The number of carbonyl (C=O) groups excluding carboxylic acids is 1. The van der Waals surface area contributed by atoms with Gasteiger partial charge in [-0.15, -0.1) is 0 Å². The van der Waals surface area contributed by atoms with Gasteiger partial charge in [0.15, 0.2) is 0 Å². The Bertz CT molecular complexity index is 730. The predicted molar refractivity (Wildman–Crippen MR) is 105 cm³/mol. The zero-order valence-corrected chi connectivity index (χ0v) is 16.1. The summed E-state index contributed by atoms with van der Waals surface area (Å²) in [6.07, 6.45) is 12.3. The Kier molecular flexibility index (Phi) is 9.27. The average Bonchev–Trinajstić information content (AvgIpc) is 2.69. The summed E-state index contributed by atoms with van der Waals surface area (Å²) in [6, 6.07) is 1.68. The van der Waals surface area contributed by atoms with Crippen LogP contribution in [0.3, 0.4) is 0 Å². The molecule has 0 fully saturated rings. The van der Waals surface area contributed by atoms with E-state index in [1.54, 1.807) is 13.0 Å². The number of nitrogens with zero attached hydrogens (tertiary/aromatic N) is 1. The van der Waals surface area contributed by atoms with Gasteiger partial charge in [0.2, 0.25) is 0 Å². The molecule has 1 aromatic heterocycles. The molecule has 1 aliphatic carbocycles. The Balaban J connectivity index is 0.00000163. The van der Waals surface area contributed by atoms with Gasteiger partial charge in [0.1, 0.15) is 5.82 Å². The number of pyridine rings is 1. The SMILES string of the molecule is C=C(/C=C(\CCC(=O)OC)C1=CCCC=C1)c1cc(C)c(F)cn1.CC. The standard InChI is InChI=1S/C20H22FNO2.C2H6/c1-14-12-19(22-13-18(14)21)15(2)11-17(9-10-20(23)24-3)16-7-5-4-6-8-16;1-2/h5,7-8,11-13H,2,4,6,9-10H2,1,3H3;1-2H3/b17-11+;. The van der Waals surface area contributed by atoms with Crippen LogP contribution in [0.2, 0.25) is 0 Å². The van der Waals surface area contributed by atoms with Crippen molar-refractivity contribution in [1.29, 1.82) is 0 Å². The van der Waals surface area contributed by atoms with E-state index in [1.165, 1.54) is 13.3 Å². The molecule has 1 aliphatic rings. The quantitative estimate of drug-likeness (QED) is 0.482. The van der Waals surface area contributed by atoms with Crippen molar-refractivity contribution in [2.75, 3.05) is 7.11 Å². The molecule has 4 heteroatoms. The lowest BCUT2D eigenvalue weighted by molar-refractivity contribution is -0.140. The van der Waals surface area contributed by atoms with Crippen molar-refractivity contribution >= 4 is 11.5 Å². The molecule has 0 N–H and O–H groups in total. The maximum absolute atomic E-state index is 13.4. The molecule has 140 valence electrons. The van der Waals surface area contributed by atoms with Crippen LogP contribution in [0, 0.1) is 12.7 Å². The Morgan fingerprint density at radius 2 is 2.08 bits per heavy atom. The van der Waals surface area contributed by atoms with E-state index in [-0.39, 0.29) is 11.8 Å². The first-order valence-electron chi connectivity index (χ1n) is 8.97. The molecule has 0 amide bonds. The average molecular weight is 357 g/mol. The van der Waals surface area contributed by atoms with Crippen molar-refractivity contribution < 1.29 is 13.9 Å². The van der Waals surface area contributed by atoms with Crippen molar-refractivity contribution in [3.05, 3.63) is 71.4 Å². The van der Waals surface area contributed by atoms with E-state index in [0.29, 0.717) is 29.7 Å². The molecule has 0 spiro atoms. The third-order valence-corrected chi connectivity index (χ3v) is 3.92. The van der Waals surface area contributed by atoms with Gasteiger partial charge in [-0.25, -0.2) is 4.39 Å². The Hall–Kier alpha value is -2.49. The van der Waals surface area contributed by atoms with Crippen molar-refractivity contribution in [3.63, 3.8) is 0 Å². The fourth-order valence-electron chi connectivity index (χ4n) is 2.49. The number of ether oxygens (including phenoxy) is 1. The first-order valence-corrected chi connectivity index (χ1v) is 8.97. The van der Waals surface area contributed by atoms with E-state index in [4.69, 9.17) is 4.74 Å². The van der Waals surface area contributed by atoms with Crippen LogP contribution in [-0.2, 0) is 9.53 Å². The number of carbonyl (C=O) groups is 1. The molecule has 0 atom stereocenters. The molecule has 1 aromatic rings. The lowest BCUT2D eigenvalue weighted by atomic mass is 9.93. The summed E-state index contributed by atoms with van der Waals surface area (Å²) >= 11 is 0. The Morgan fingerprint density at radius 3 is 2.65 bits per heavy atom. The molecule has 0 aromatic carbocycles. The minimum absolute atomic E-state index is 0.248. The lowest BCUT2D eigenvalue weighted by Gasteiger charge is -2.13. The molecule has 26 heavy (non-hydrogen) atoms. The van der Waals surface area contributed by atoms with Gasteiger partial charge in [0.05, 0.1) is 19.0 Å². The third kappa shape index (κ3) is 6.43. The predicted octanol–water partition coefficient (Wildman–Crippen LogP) is 5.72. The second kappa shape index (κ2) is 11.2. The highest BCUT2D eigenvalue weighted by Crippen LogP contribution is 2.26. The van der Waals surface area contributed by atoms with Gasteiger partial charge in [-0.2, -0.15) is 0 Å². The third-order valence-electron chi connectivity index (χ3n) is 3.92. The maximum Gasteiger partial charge on any atom is 0.305 e. The molecule has 0 saturated heterocycles. The van der Waals surface area contributed by atoms with Crippen molar-refractivity contribution in [3.8, 4) is 0 Å². The van der Waals surface area contributed by atoms with Gasteiger partial charge in [0, 0.05) is 6.42 Å². The fraction of sp³-hybridized carbons (Fsp3) is 0.364. The number of aryl methyl sites for hydroxylation is 1. The number of halogens is 1. The highest BCUT2D eigenvalue weighted by Gasteiger charge is 2.11. The van der Waals surface area contributed by atoms with Crippen molar-refractivity contribution in [2.45, 2.75) is 46.5 Å². The number of hydrogen-bond donors (Lipinski definition) is 0. The first kappa shape index (κ1) is 21.6. The van der Waals surface area contributed by atoms with Crippen LogP contribution in [0.5, 0.6) is 0 Å². The van der Waals surface area contributed by atoms with Gasteiger partial charge in [-0.1, -0.05) is 38.7 Å². The summed E-state index contributed by atoms with van der Waals surface area (Å²) in [7, 11) is 1.38. The van der Waals surface area contributed by atoms with Crippen molar-refractivity contribution in [2.24, 2.45) is 0 Å². The van der Waals surface area contributed by atoms with Gasteiger partial charge in [0.25, 0.3) is 0 Å². The summed E-state index contributed by atoms with van der Waals surface area (Å²) in [6.45, 7) is 9.75. The minimum atomic E-state index is -0.334. The highest BCUT2D eigenvalue weighted by molar-refractivity contribution is 5.74. The van der Waals surface area contributed by atoms with E-state index >= 15 is 0 Å². The van der Waals surface area contributed by atoms with Crippen LogP contribution in [0.25, 0.3) is 5.57 Å².